The summed E-state index contributed by atoms with van der Waals surface area (Å²) in [6.07, 6.45) is 9.57. The Bertz CT molecular complexity index is 185. The number of carbonyl (C=O) groups excluding carboxylic acids is 1. The van der Waals surface area contributed by atoms with Crippen LogP contribution in [0.3, 0.4) is 0 Å². The second-order valence-corrected chi connectivity index (χ2v) is 4.18. The van der Waals surface area contributed by atoms with E-state index in [-0.39, 0.29) is 5.78 Å². The maximum Gasteiger partial charge on any atom is 0.156 e. The Kier molecular flexibility index (Phi) is 9.37. The molecule has 0 aromatic rings. The fourth-order valence-corrected chi connectivity index (χ4v) is 1.94. The van der Waals surface area contributed by atoms with Gasteiger partial charge in [-0.05, 0) is 19.8 Å². The summed E-state index contributed by atoms with van der Waals surface area (Å²) in [7, 11) is 0. The number of alkyl halides is 1. The van der Waals surface area contributed by atoms with Crippen molar-refractivity contribution in [1.82, 2.24) is 0 Å². The van der Waals surface area contributed by atoms with Crippen LogP contribution in [-0.2, 0) is 4.79 Å². The van der Waals surface area contributed by atoms with E-state index in [0.717, 1.165) is 12.0 Å². The molecule has 0 radical (unpaired) electrons. The molecular formula is C12H21BrO. The van der Waals surface area contributed by atoms with Gasteiger partial charge in [0.05, 0.1) is 0 Å². The molecule has 14 heavy (non-hydrogen) atoms. The third-order valence-electron chi connectivity index (χ3n) is 2.29. The number of Topliss-reactive ketones (excluding diaryl/α,β-unsaturated/α-hetero) is 1. The highest BCUT2D eigenvalue weighted by molar-refractivity contribution is 9.09. The van der Waals surface area contributed by atoms with Crippen LogP contribution in [0, 0.1) is 0 Å². The van der Waals surface area contributed by atoms with E-state index in [1.807, 2.05) is 0 Å². The molecule has 0 N–H and O–H groups in total. The summed E-state index contributed by atoms with van der Waals surface area (Å²) < 4.78 is 0. The highest BCUT2D eigenvalue weighted by Crippen LogP contribution is 2.09. The maximum absolute atomic E-state index is 11.0. The first-order valence-corrected chi connectivity index (χ1v) is 6.60. The van der Waals surface area contributed by atoms with Crippen molar-refractivity contribution in [2.24, 2.45) is 0 Å². The fourth-order valence-electron chi connectivity index (χ4n) is 1.32. The Morgan fingerprint density at radius 2 is 1.86 bits per heavy atom. The lowest BCUT2D eigenvalue weighted by molar-refractivity contribution is -0.113. The smallest absolute Gasteiger partial charge is 0.156 e. The minimum absolute atomic E-state index is 0.190. The van der Waals surface area contributed by atoms with E-state index >= 15 is 0 Å². The maximum atomic E-state index is 11.0. The van der Waals surface area contributed by atoms with Crippen molar-refractivity contribution < 1.29 is 4.79 Å². The standard InChI is InChI=1S/C12H21BrO/c1-3-4-5-6-7-8-9-12(10-13)11(2)14/h9H,3-8,10H2,1-2H3/b12-9-. The van der Waals surface area contributed by atoms with Gasteiger partial charge in [0.25, 0.3) is 0 Å². The fraction of sp³-hybridized carbons (Fsp3) is 0.750. The zero-order chi connectivity index (χ0) is 10.8. The Hall–Kier alpha value is -0.110. The van der Waals surface area contributed by atoms with E-state index in [2.05, 4.69) is 28.9 Å². The number of hydrogen-bond acceptors (Lipinski definition) is 1. The van der Waals surface area contributed by atoms with E-state index < -0.39 is 0 Å². The van der Waals surface area contributed by atoms with Crippen LogP contribution >= 0.6 is 15.9 Å². The molecule has 0 fully saturated rings. The topological polar surface area (TPSA) is 17.1 Å². The number of hydrogen-bond donors (Lipinski definition) is 0. The van der Waals surface area contributed by atoms with Crippen LogP contribution in [-0.4, -0.2) is 11.1 Å². The molecule has 0 spiro atoms. The second-order valence-electron chi connectivity index (χ2n) is 3.62. The minimum Gasteiger partial charge on any atom is -0.295 e. The molecule has 0 aliphatic heterocycles. The van der Waals surface area contributed by atoms with Crippen molar-refractivity contribution in [3.8, 4) is 0 Å². The molecule has 0 saturated heterocycles. The Balaban J connectivity index is 3.53. The number of allylic oxidation sites excluding steroid dienone is 2. The number of unbranched alkanes of at least 4 members (excludes halogenated alkanes) is 5. The average molecular weight is 261 g/mol. The summed E-state index contributed by atoms with van der Waals surface area (Å²) >= 11 is 3.32. The lowest BCUT2D eigenvalue weighted by Crippen LogP contribution is -1.97. The van der Waals surface area contributed by atoms with Crippen LogP contribution in [0.4, 0.5) is 0 Å². The molecule has 0 rings (SSSR count). The summed E-state index contributed by atoms with van der Waals surface area (Å²) in [4.78, 5) is 11.0. The summed E-state index contributed by atoms with van der Waals surface area (Å²) in [5, 5.41) is 0.692. The first-order chi connectivity index (χ1) is 6.72. The molecule has 0 aliphatic rings. The lowest BCUT2D eigenvalue weighted by Gasteiger charge is -1.99. The Morgan fingerprint density at radius 1 is 1.21 bits per heavy atom. The monoisotopic (exact) mass is 260 g/mol. The van der Waals surface area contributed by atoms with E-state index in [1.165, 1.54) is 32.1 Å². The molecule has 0 aromatic carbocycles. The molecule has 0 atom stereocenters. The molecular weight excluding hydrogens is 240 g/mol. The van der Waals surface area contributed by atoms with E-state index in [1.54, 1.807) is 6.92 Å². The van der Waals surface area contributed by atoms with Gasteiger partial charge in [0.2, 0.25) is 0 Å². The van der Waals surface area contributed by atoms with E-state index in [4.69, 9.17) is 0 Å². The van der Waals surface area contributed by atoms with Crippen molar-refractivity contribution in [1.29, 1.82) is 0 Å². The van der Waals surface area contributed by atoms with Gasteiger partial charge >= 0.3 is 0 Å². The van der Waals surface area contributed by atoms with Crippen LogP contribution in [0.1, 0.15) is 52.4 Å². The second kappa shape index (κ2) is 9.45. The quantitative estimate of drug-likeness (QED) is 0.362. The predicted molar refractivity (Wildman–Crippen MR) is 65.9 cm³/mol. The molecule has 0 heterocycles. The summed E-state index contributed by atoms with van der Waals surface area (Å²) in [6, 6.07) is 0. The first kappa shape index (κ1) is 13.9. The zero-order valence-electron chi connectivity index (χ0n) is 9.31. The number of ketones is 1. The van der Waals surface area contributed by atoms with Gasteiger partial charge in [0.15, 0.2) is 5.78 Å². The average Bonchev–Trinajstić information content (AvgIpc) is 2.16. The van der Waals surface area contributed by atoms with Crippen LogP contribution in [0.5, 0.6) is 0 Å². The molecule has 0 aromatic heterocycles. The van der Waals surface area contributed by atoms with Crippen LogP contribution < -0.4 is 0 Å². The van der Waals surface area contributed by atoms with Crippen LogP contribution in [0.15, 0.2) is 11.6 Å². The van der Waals surface area contributed by atoms with Crippen molar-refractivity contribution in [2.45, 2.75) is 52.4 Å². The Labute approximate surface area is 96.1 Å². The van der Waals surface area contributed by atoms with E-state index in [0.29, 0.717) is 5.33 Å². The molecule has 0 saturated carbocycles. The van der Waals surface area contributed by atoms with Crippen molar-refractivity contribution >= 4 is 21.7 Å². The van der Waals surface area contributed by atoms with Gasteiger partial charge in [0, 0.05) is 10.9 Å². The zero-order valence-corrected chi connectivity index (χ0v) is 10.9. The summed E-state index contributed by atoms with van der Waals surface area (Å²) in [6.45, 7) is 3.85. The third kappa shape index (κ3) is 7.31. The molecule has 2 heteroatoms. The van der Waals surface area contributed by atoms with Gasteiger partial charge in [-0.15, -0.1) is 0 Å². The number of rotatable bonds is 8. The van der Waals surface area contributed by atoms with Gasteiger partial charge in [-0.25, -0.2) is 0 Å². The van der Waals surface area contributed by atoms with Gasteiger partial charge < -0.3 is 0 Å². The van der Waals surface area contributed by atoms with Crippen molar-refractivity contribution in [2.75, 3.05) is 5.33 Å². The predicted octanol–water partition coefficient (Wildman–Crippen LogP) is 4.26. The Morgan fingerprint density at radius 3 is 2.36 bits per heavy atom. The highest BCUT2D eigenvalue weighted by Gasteiger charge is 1.99. The largest absolute Gasteiger partial charge is 0.295 e. The minimum atomic E-state index is 0.190. The SMILES string of the molecule is CCCCCCC/C=C(/CBr)C(C)=O. The summed E-state index contributed by atoms with van der Waals surface area (Å²) in [5.41, 5.74) is 0.917. The number of carbonyl (C=O) groups is 1. The van der Waals surface area contributed by atoms with Gasteiger partial charge in [0.1, 0.15) is 0 Å². The van der Waals surface area contributed by atoms with Crippen LogP contribution in [0.2, 0.25) is 0 Å². The molecule has 0 aliphatic carbocycles. The molecule has 82 valence electrons. The summed E-state index contributed by atoms with van der Waals surface area (Å²) in [5.74, 6) is 0.190. The lowest BCUT2D eigenvalue weighted by atomic mass is 10.1. The highest BCUT2D eigenvalue weighted by atomic mass is 79.9. The van der Waals surface area contributed by atoms with Crippen molar-refractivity contribution in [3.63, 3.8) is 0 Å². The van der Waals surface area contributed by atoms with Crippen LogP contribution in [0.25, 0.3) is 0 Å². The normalized spacial score (nSPS) is 11.8. The third-order valence-corrected chi connectivity index (χ3v) is 2.90. The molecule has 0 unspecified atom stereocenters. The van der Waals surface area contributed by atoms with Gasteiger partial charge in [-0.1, -0.05) is 54.6 Å². The van der Waals surface area contributed by atoms with Gasteiger partial charge in [-0.2, -0.15) is 0 Å². The number of halogens is 1. The van der Waals surface area contributed by atoms with E-state index in [9.17, 15) is 4.79 Å². The molecule has 0 bridgehead atoms. The molecule has 0 amide bonds. The first-order valence-electron chi connectivity index (χ1n) is 5.48. The van der Waals surface area contributed by atoms with Crippen molar-refractivity contribution in [3.05, 3.63) is 11.6 Å². The molecule has 1 nitrogen and oxygen atoms in total. The van der Waals surface area contributed by atoms with Gasteiger partial charge in [-0.3, -0.25) is 4.79 Å².